The first-order valence-corrected chi connectivity index (χ1v) is 5.53. The minimum Gasteiger partial charge on any atom is -0.381 e. The molecule has 1 atom stereocenters. The standard InChI is InChI=1S/C11H18N2O2/c1-2-15-7-5-11(14)13-6-3-4-10(8-12)9-13/h10H,2-7,9H2,1H3. The Hall–Kier alpha value is -1.08. The van der Waals surface area contributed by atoms with Gasteiger partial charge in [-0.25, -0.2) is 0 Å². The smallest absolute Gasteiger partial charge is 0.224 e. The van der Waals surface area contributed by atoms with Crippen molar-refractivity contribution in [3.8, 4) is 6.07 Å². The molecule has 0 radical (unpaired) electrons. The van der Waals surface area contributed by atoms with Gasteiger partial charge in [-0.05, 0) is 19.8 Å². The minimum atomic E-state index is 0.0230. The van der Waals surface area contributed by atoms with E-state index in [4.69, 9.17) is 10.00 Å². The molecule has 4 nitrogen and oxygen atoms in total. The summed E-state index contributed by atoms with van der Waals surface area (Å²) in [7, 11) is 0. The van der Waals surface area contributed by atoms with Crippen LogP contribution in [-0.2, 0) is 9.53 Å². The monoisotopic (exact) mass is 210 g/mol. The zero-order chi connectivity index (χ0) is 11.1. The Kier molecular flexibility index (Phi) is 5.13. The van der Waals surface area contributed by atoms with Crippen LogP contribution in [0.1, 0.15) is 26.2 Å². The lowest BCUT2D eigenvalue weighted by Gasteiger charge is -2.29. The van der Waals surface area contributed by atoms with E-state index in [9.17, 15) is 4.79 Å². The van der Waals surface area contributed by atoms with E-state index in [0.717, 1.165) is 19.4 Å². The van der Waals surface area contributed by atoms with E-state index in [2.05, 4.69) is 6.07 Å². The van der Waals surface area contributed by atoms with E-state index >= 15 is 0 Å². The van der Waals surface area contributed by atoms with Gasteiger partial charge in [0.1, 0.15) is 0 Å². The Balaban J connectivity index is 2.29. The maximum atomic E-state index is 11.7. The normalized spacial score (nSPS) is 21.1. The van der Waals surface area contributed by atoms with Crippen LogP contribution in [0.25, 0.3) is 0 Å². The van der Waals surface area contributed by atoms with Gasteiger partial charge in [0.25, 0.3) is 0 Å². The molecule has 0 aromatic rings. The van der Waals surface area contributed by atoms with E-state index in [1.165, 1.54) is 0 Å². The van der Waals surface area contributed by atoms with Crippen molar-refractivity contribution < 1.29 is 9.53 Å². The Morgan fingerprint density at radius 2 is 2.47 bits per heavy atom. The Morgan fingerprint density at radius 1 is 1.67 bits per heavy atom. The molecule has 0 spiro atoms. The van der Waals surface area contributed by atoms with Gasteiger partial charge in [-0.2, -0.15) is 5.26 Å². The largest absolute Gasteiger partial charge is 0.381 e. The van der Waals surface area contributed by atoms with Crippen LogP contribution in [-0.4, -0.2) is 37.1 Å². The molecule has 15 heavy (non-hydrogen) atoms. The van der Waals surface area contributed by atoms with Gasteiger partial charge in [-0.3, -0.25) is 4.79 Å². The van der Waals surface area contributed by atoms with Crippen LogP contribution in [0.4, 0.5) is 0 Å². The average Bonchev–Trinajstić information content (AvgIpc) is 2.29. The molecule has 1 unspecified atom stereocenters. The number of nitriles is 1. The van der Waals surface area contributed by atoms with Gasteiger partial charge in [0.2, 0.25) is 5.91 Å². The SMILES string of the molecule is CCOCCC(=O)N1CCCC(C#N)C1. The molecule has 1 saturated heterocycles. The van der Waals surface area contributed by atoms with Gasteiger partial charge in [0.15, 0.2) is 0 Å². The van der Waals surface area contributed by atoms with E-state index in [1.807, 2.05) is 6.92 Å². The molecule has 0 bridgehead atoms. The highest BCUT2D eigenvalue weighted by Gasteiger charge is 2.22. The van der Waals surface area contributed by atoms with E-state index in [-0.39, 0.29) is 11.8 Å². The molecular weight excluding hydrogens is 192 g/mol. The lowest BCUT2D eigenvalue weighted by molar-refractivity contribution is -0.133. The van der Waals surface area contributed by atoms with Crippen LogP contribution in [0.5, 0.6) is 0 Å². The number of carbonyl (C=O) groups is 1. The average molecular weight is 210 g/mol. The van der Waals surface area contributed by atoms with Crippen molar-refractivity contribution in [1.29, 1.82) is 5.26 Å². The second-order valence-electron chi connectivity index (χ2n) is 3.75. The van der Waals surface area contributed by atoms with E-state index in [0.29, 0.717) is 26.2 Å². The fourth-order valence-electron chi connectivity index (χ4n) is 1.77. The molecule has 0 N–H and O–H groups in total. The Morgan fingerprint density at radius 3 is 3.13 bits per heavy atom. The molecule has 84 valence electrons. The molecule has 0 aromatic carbocycles. The van der Waals surface area contributed by atoms with Crippen LogP contribution in [0.2, 0.25) is 0 Å². The summed E-state index contributed by atoms with van der Waals surface area (Å²) in [5.41, 5.74) is 0. The highest BCUT2D eigenvalue weighted by molar-refractivity contribution is 5.76. The number of nitrogens with zero attached hydrogens (tertiary/aromatic N) is 2. The summed E-state index contributed by atoms with van der Waals surface area (Å²) in [5, 5.41) is 8.79. The van der Waals surface area contributed by atoms with Crippen molar-refractivity contribution in [3.63, 3.8) is 0 Å². The highest BCUT2D eigenvalue weighted by atomic mass is 16.5. The van der Waals surface area contributed by atoms with Gasteiger partial charge in [0, 0.05) is 19.7 Å². The number of carbonyl (C=O) groups excluding carboxylic acids is 1. The van der Waals surface area contributed by atoms with Crippen molar-refractivity contribution >= 4 is 5.91 Å². The third-order valence-corrected chi connectivity index (χ3v) is 2.62. The lowest BCUT2D eigenvalue weighted by Crippen LogP contribution is -2.39. The summed E-state index contributed by atoms with van der Waals surface area (Å²) >= 11 is 0. The van der Waals surface area contributed by atoms with E-state index < -0.39 is 0 Å². The van der Waals surface area contributed by atoms with Crippen LogP contribution in [0.3, 0.4) is 0 Å². The predicted molar refractivity (Wildman–Crippen MR) is 56.0 cm³/mol. The molecule has 0 aromatic heterocycles. The second-order valence-corrected chi connectivity index (χ2v) is 3.75. The van der Waals surface area contributed by atoms with Crippen LogP contribution in [0, 0.1) is 17.2 Å². The maximum Gasteiger partial charge on any atom is 0.224 e. The number of likely N-dealkylation sites (tertiary alicyclic amines) is 1. The first-order valence-electron chi connectivity index (χ1n) is 5.53. The van der Waals surface area contributed by atoms with Gasteiger partial charge >= 0.3 is 0 Å². The summed E-state index contributed by atoms with van der Waals surface area (Å²) in [4.78, 5) is 13.5. The molecule has 1 aliphatic rings. The molecule has 1 rings (SSSR count). The molecule has 1 amide bonds. The molecule has 0 saturated carbocycles. The third kappa shape index (κ3) is 3.88. The summed E-state index contributed by atoms with van der Waals surface area (Å²) in [6, 6.07) is 2.23. The van der Waals surface area contributed by atoms with E-state index in [1.54, 1.807) is 4.90 Å². The highest BCUT2D eigenvalue weighted by Crippen LogP contribution is 2.16. The fourth-order valence-corrected chi connectivity index (χ4v) is 1.77. The Labute approximate surface area is 90.8 Å². The van der Waals surface area contributed by atoms with Crippen LogP contribution < -0.4 is 0 Å². The number of ether oxygens (including phenoxy) is 1. The molecular formula is C11H18N2O2. The van der Waals surface area contributed by atoms with Crippen molar-refractivity contribution in [1.82, 2.24) is 4.90 Å². The van der Waals surface area contributed by atoms with Crippen molar-refractivity contribution in [2.24, 2.45) is 5.92 Å². The third-order valence-electron chi connectivity index (χ3n) is 2.62. The topological polar surface area (TPSA) is 53.3 Å². The minimum absolute atomic E-state index is 0.0230. The van der Waals surface area contributed by atoms with Gasteiger partial charge in [-0.15, -0.1) is 0 Å². The van der Waals surface area contributed by atoms with Crippen molar-refractivity contribution in [3.05, 3.63) is 0 Å². The quantitative estimate of drug-likeness (QED) is 0.655. The number of amides is 1. The molecule has 1 fully saturated rings. The molecule has 0 aliphatic carbocycles. The number of hydrogen-bond donors (Lipinski definition) is 0. The van der Waals surface area contributed by atoms with Crippen LogP contribution in [0.15, 0.2) is 0 Å². The fraction of sp³-hybridized carbons (Fsp3) is 0.818. The summed E-state index contributed by atoms with van der Waals surface area (Å²) < 4.78 is 5.14. The zero-order valence-corrected chi connectivity index (χ0v) is 9.24. The summed E-state index contributed by atoms with van der Waals surface area (Å²) in [6.07, 6.45) is 2.30. The lowest BCUT2D eigenvalue weighted by atomic mass is 9.99. The van der Waals surface area contributed by atoms with Gasteiger partial charge in [-0.1, -0.05) is 0 Å². The van der Waals surface area contributed by atoms with Gasteiger partial charge in [0.05, 0.1) is 25.0 Å². The summed E-state index contributed by atoms with van der Waals surface area (Å²) in [6.45, 7) is 4.44. The summed E-state index contributed by atoms with van der Waals surface area (Å²) in [5.74, 6) is 0.137. The Bertz CT molecular complexity index is 247. The van der Waals surface area contributed by atoms with Gasteiger partial charge < -0.3 is 9.64 Å². The molecule has 4 heteroatoms. The second kappa shape index (κ2) is 6.41. The van der Waals surface area contributed by atoms with Crippen molar-refractivity contribution in [2.45, 2.75) is 26.2 Å². The maximum absolute atomic E-state index is 11.7. The molecule has 1 aliphatic heterocycles. The number of hydrogen-bond acceptors (Lipinski definition) is 3. The predicted octanol–water partition coefficient (Wildman–Crippen LogP) is 1.18. The first kappa shape index (κ1) is 12.0. The number of piperidine rings is 1. The first-order chi connectivity index (χ1) is 7.27. The zero-order valence-electron chi connectivity index (χ0n) is 9.24. The van der Waals surface area contributed by atoms with Crippen molar-refractivity contribution in [2.75, 3.05) is 26.3 Å². The molecule has 1 heterocycles. The number of rotatable bonds is 4. The van der Waals surface area contributed by atoms with Crippen LogP contribution >= 0.6 is 0 Å².